The SMILES string of the molecule is O=C(Cn1ccc(-c2cccs2)n1)Nc1ccccc1N1CCOCC1. The van der Waals surface area contributed by atoms with Crippen LogP contribution >= 0.6 is 11.3 Å². The third-order valence-corrected chi connectivity index (χ3v) is 5.14. The molecule has 3 aromatic rings. The number of hydrogen-bond donors (Lipinski definition) is 1. The van der Waals surface area contributed by atoms with Gasteiger partial charge in [-0.1, -0.05) is 18.2 Å². The molecule has 7 heteroatoms. The molecule has 1 aliphatic heterocycles. The molecule has 0 atom stereocenters. The summed E-state index contributed by atoms with van der Waals surface area (Å²) in [5.74, 6) is -0.0912. The number of ether oxygens (including phenoxy) is 1. The molecule has 1 amide bonds. The number of carbonyl (C=O) groups excluding carboxylic acids is 1. The molecule has 134 valence electrons. The van der Waals surface area contributed by atoms with Crippen molar-refractivity contribution in [1.82, 2.24) is 9.78 Å². The highest BCUT2D eigenvalue weighted by Gasteiger charge is 2.16. The van der Waals surface area contributed by atoms with Gasteiger partial charge in [-0.25, -0.2) is 0 Å². The maximum Gasteiger partial charge on any atom is 0.246 e. The molecule has 0 saturated carbocycles. The standard InChI is InChI=1S/C19H20N4O2S/c24-19(14-23-8-7-16(21-23)18-6-3-13-26-18)20-15-4-1-2-5-17(15)22-9-11-25-12-10-22/h1-8,13H,9-12,14H2,(H,20,24). The first kappa shape index (κ1) is 16.8. The number of hydrogen-bond acceptors (Lipinski definition) is 5. The highest BCUT2D eigenvalue weighted by Crippen LogP contribution is 2.26. The number of morpholine rings is 1. The molecule has 6 nitrogen and oxygen atoms in total. The number of rotatable bonds is 5. The van der Waals surface area contributed by atoms with Crippen LogP contribution in [0.3, 0.4) is 0 Å². The average molecular weight is 368 g/mol. The predicted molar refractivity (Wildman–Crippen MR) is 104 cm³/mol. The molecular weight excluding hydrogens is 348 g/mol. The van der Waals surface area contributed by atoms with Gasteiger partial charge in [-0.2, -0.15) is 5.10 Å². The molecule has 0 radical (unpaired) electrons. The number of amides is 1. The van der Waals surface area contributed by atoms with Crippen molar-refractivity contribution in [3.63, 3.8) is 0 Å². The van der Waals surface area contributed by atoms with Crippen LogP contribution in [0, 0.1) is 0 Å². The largest absolute Gasteiger partial charge is 0.378 e. The maximum absolute atomic E-state index is 12.5. The topological polar surface area (TPSA) is 59.4 Å². The molecule has 1 saturated heterocycles. The van der Waals surface area contributed by atoms with Gasteiger partial charge in [0.25, 0.3) is 0 Å². The zero-order valence-electron chi connectivity index (χ0n) is 14.3. The number of anilines is 2. The Kier molecular flexibility index (Phi) is 4.99. The van der Waals surface area contributed by atoms with E-state index in [0.29, 0.717) is 13.2 Å². The summed E-state index contributed by atoms with van der Waals surface area (Å²) in [6.07, 6.45) is 1.84. The zero-order chi connectivity index (χ0) is 17.8. The summed E-state index contributed by atoms with van der Waals surface area (Å²) >= 11 is 1.64. The molecule has 0 unspecified atom stereocenters. The first-order valence-electron chi connectivity index (χ1n) is 8.58. The van der Waals surface area contributed by atoms with Gasteiger partial charge in [0.2, 0.25) is 5.91 Å². The van der Waals surface area contributed by atoms with E-state index in [1.54, 1.807) is 16.0 Å². The Labute approximate surface area is 156 Å². The van der Waals surface area contributed by atoms with Crippen LogP contribution in [0.25, 0.3) is 10.6 Å². The number of benzene rings is 1. The number of thiophene rings is 1. The summed E-state index contributed by atoms with van der Waals surface area (Å²) in [4.78, 5) is 15.8. The minimum atomic E-state index is -0.0912. The van der Waals surface area contributed by atoms with Gasteiger partial charge in [0, 0.05) is 19.3 Å². The van der Waals surface area contributed by atoms with Gasteiger partial charge in [0.1, 0.15) is 12.2 Å². The van der Waals surface area contributed by atoms with Crippen molar-refractivity contribution in [3.8, 4) is 10.6 Å². The lowest BCUT2D eigenvalue weighted by molar-refractivity contribution is -0.116. The highest BCUT2D eigenvalue weighted by atomic mass is 32.1. The predicted octanol–water partition coefficient (Wildman–Crippen LogP) is 3.09. The fraction of sp³-hybridized carbons (Fsp3) is 0.263. The van der Waals surface area contributed by atoms with E-state index in [1.807, 2.05) is 54.0 Å². The average Bonchev–Trinajstić information content (AvgIpc) is 3.34. The Hall–Kier alpha value is -2.64. The lowest BCUT2D eigenvalue weighted by Gasteiger charge is -2.30. The van der Waals surface area contributed by atoms with E-state index in [1.165, 1.54) is 0 Å². The van der Waals surface area contributed by atoms with Gasteiger partial charge in [-0.3, -0.25) is 9.48 Å². The van der Waals surface area contributed by atoms with E-state index < -0.39 is 0 Å². The molecular formula is C19H20N4O2S. The van der Waals surface area contributed by atoms with Gasteiger partial charge in [-0.15, -0.1) is 11.3 Å². The molecule has 1 fully saturated rings. The van der Waals surface area contributed by atoms with Gasteiger partial charge >= 0.3 is 0 Å². The molecule has 26 heavy (non-hydrogen) atoms. The van der Waals surface area contributed by atoms with Gasteiger partial charge in [-0.05, 0) is 29.6 Å². The molecule has 1 N–H and O–H groups in total. The fourth-order valence-electron chi connectivity index (χ4n) is 3.00. The highest BCUT2D eigenvalue weighted by molar-refractivity contribution is 7.13. The number of aromatic nitrogens is 2. The monoisotopic (exact) mass is 368 g/mol. The maximum atomic E-state index is 12.5. The normalized spacial score (nSPS) is 14.4. The minimum absolute atomic E-state index is 0.0912. The number of nitrogens with one attached hydrogen (secondary N) is 1. The minimum Gasteiger partial charge on any atom is -0.378 e. The first-order chi connectivity index (χ1) is 12.8. The molecule has 4 rings (SSSR count). The fourth-order valence-corrected chi connectivity index (χ4v) is 3.69. The molecule has 0 bridgehead atoms. The second-order valence-electron chi connectivity index (χ2n) is 6.04. The Morgan fingerprint density at radius 2 is 2.00 bits per heavy atom. The molecule has 3 heterocycles. The first-order valence-corrected chi connectivity index (χ1v) is 9.46. The smallest absolute Gasteiger partial charge is 0.246 e. The molecule has 1 aliphatic rings. The quantitative estimate of drug-likeness (QED) is 0.752. The Balaban J connectivity index is 1.44. The van der Waals surface area contributed by atoms with Crippen molar-refractivity contribution in [3.05, 3.63) is 54.0 Å². The lowest BCUT2D eigenvalue weighted by Crippen LogP contribution is -2.36. The summed E-state index contributed by atoms with van der Waals surface area (Å²) in [6, 6.07) is 13.8. The van der Waals surface area contributed by atoms with Crippen molar-refractivity contribution in [2.24, 2.45) is 0 Å². The second kappa shape index (κ2) is 7.72. The van der Waals surface area contributed by atoms with Crippen molar-refractivity contribution in [1.29, 1.82) is 0 Å². The summed E-state index contributed by atoms with van der Waals surface area (Å²) < 4.78 is 7.08. The number of carbonyl (C=O) groups is 1. The van der Waals surface area contributed by atoms with Crippen molar-refractivity contribution in [2.75, 3.05) is 36.5 Å². The van der Waals surface area contributed by atoms with Gasteiger partial charge in [0.05, 0.1) is 29.5 Å². The van der Waals surface area contributed by atoms with Gasteiger partial charge < -0.3 is 15.0 Å². The summed E-state index contributed by atoms with van der Waals surface area (Å²) in [5.41, 5.74) is 2.75. The van der Waals surface area contributed by atoms with Crippen LogP contribution in [0.15, 0.2) is 54.0 Å². The second-order valence-corrected chi connectivity index (χ2v) is 6.99. The summed E-state index contributed by atoms with van der Waals surface area (Å²) in [6.45, 7) is 3.26. The van der Waals surface area contributed by atoms with Crippen molar-refractivity contribution < 1.29 is 9.53 Å². The van der Waals surface area contributed by atoms with Crippen LogP contribution in [0.4, 0.5) is 11.4 Å². The third kappa shape index (κ3) is 3.79. The van der Waals surface area contributed by atoms with E-state index in [0.717, 1.165) is 35.0 Å². The number of para-hydroxylation sites is 2. The van der Waals surface area contributed by atoms with E-state index >= 15 is 0 Å². The summed E-state index contributed by atoms with van der Waals surface area (Å²) in [7, 11) is 0. The Morgan fingerprint density at radius 3 is 2.81 bits per heavy atom. The molecule has 0 aliphatic carbocycles. The van der Waals surface area contributed by atoms with Crippen LogP contribution in [0.5, 0.6) is 0 Å². The summed E-state index contributed by atoms with van der Waals surface area (Å²) in [5, 5.41) is 9.52. The van der Waals surface area contributed by atoms with Crippen molar-refractivity contribution >= 4 is 28.6 Å². The van der Waals surface area contributed by atoms with Crippen molar-refractivity contribution in [2.45, 2.75) is 6.54 Å². The van der Waals surface area contributed by atoms with Crippen LogP contribution in [-0.2, 0) is 16.1 Å². The molecule has 1 aromatic carbocycles. The van der Waals surface area contributed by atoms with Crippen LogP contribution in [-0.4, -0.2) is 42.0 Å². The van der Waals surface area contributed by atoms with Crippen LogP contribution < -0.4 is 10.2 Å². The van der Waals surface area contributed by atoms with Crippen LogP contribution in [0.2, 0.25) is 0 Å². The Morgan fingerprint density at radius 1 is 1.15 bits per heavy atom. The van der Waals surface area contributed by atoms with Gasteiger partial charge in [0.15, 0.2) is 0 Å². The van der Waals surface area contributed by atoms with E-state index in [4.69, 9.17) is 4.74 Å². The zero-order valence-corrected chi connectivity index (χ0v) is 15.1. The van der Waals surface area contributed by atoms with E-state index in [-0.39, 0.29) is 12.5 Å². The Bertz CT molecular complexity index is 869. The lowest BCUT2D eigenvalue weighted by atomic mass is 10.2. The van der Waals surface area contributed by atoms with Crippen LogP contribution in [0.1, 0.15) is 0 Å². The molecule has 0 spiro atoms. The van der Waals surface area contributed by atoms with E-state index in [9.17, 15) is 4.79 Å². The molecule has 2 aromatic heterocycles. The van der Waals surface area contributed by atoms with E-state index in [2.05, 4.69) is 15.3 Å². The third-order valence-electron chi connectivity index (χ3n) is 4.25. The number of nitrogens with zero attached hydrogens (tertiary/aromatic N) is 3.